The lowest BCUT2D eigenvalue weighted by atomic mass is 9.90. The zero-order chi connectivity index (χ0) is 15.5. The van der Waals surface area contributed by atoms with Crippen LogP contribution in [0.15, 0.2) is 64.7 Å². The van der Waals surface area contributed by atoms with E-state index in [0.29, 0.717) is 10.1 Å². The zero-order valence-electron chi connectivity index (χ0n) is 12.3. The third-order valence-electron chi connectivity index (χ3n) is 3.85. The maximum Gasteiger partial charge on any atom is 0.118 e. The first-order chi connectivity index (χ1) is 10.7. The van der Waals surface area contributed by atoms with Gasteiger partial charge in [-0.25, -0.2) is 0 Å². The van der Waals surface area contributed by atoms with Crippen LogP contribution in [0.2, 0.25) is 0 Å². The summed E-state index contributed by atoms with van der Waals surface area (Å²) in [5, 5.41) is 1.31. The quantitative estimate of drug-likeness (QED) is 0.648. The van der Waals surface area contributed by atoms with E-state index in [0.717, 1.165) is 40.9 Å². The Balaban J connectivity index is 2.10. The first kappa shape index (κ1) is 15.2. The number of halogens is 2. The van der Waals surface area contributed by atoms with Gasteiger partial charge in [-0.05, 0) is 47.2 Å². The molecule has 1 nitrogen and oxygen atoms in total. The van der Waals surface area contributed by atoms with Crippen molar-refractivity contribution in [1.82, 2.24) is 0 Å². The molecule has 0 heterocycles. The lowest BCUT2D eigenvalue weighted by Crippen LogP contribution is -1.96. The SMILES string of the molecule is COc1ccc(-c2ccccc2C2=C(Cl)C(Cl)=CCC2)cc1. The molecule has 0 unspecified atom stereocenters. The molecule has 3 heteroatoms. The highest BCUT2D eigenvalue weighted by Gasteiger charge is 2.17. The van der Waals surface area contributed by atoms with E-state index in [4.69, 9.17) is 27.9 Å². The van der Waals surface area contributed by atoms with E-state index in [-0.39, 0.29) is 0 Å². The summed E-state index contributed by atoms with van der Waals surface area (Å²) in [6.45, 7) is 0. The number of hydrogen-bond acceptors (Lipinski definition) is 1. The third-order valence-corrected chi connectivity index (χ3v) is 4.72. The minimum absolute atomic E-state index is 0.646. The van der Waals surface area contributed by atoms with Gasteiger partial charge in [-0.1, -0.05) is 65.7 Å². The second-order valence-corrected chi connectivity index (χ2v) is 5.94. The van der Waals surface area contributed by atoms with Gasteiger partial charge in [0.1, 0.15) is 5.75 Å². The summed E-state index contributed by atoms with van der Waals surface area (Å²) >= 11 is 12.6. The minimum Gasteiger partial charge on any atom is -0.497 e. The van der Waals surface area contributed by atoms with E-state index in [2.05, 4.69) is 24.3 Å². The zero-order valence-corrected chi connectivity index (χ0v) is 13.8. The molecule has 0 saturated heterocycles. The Morgan fingerprint density at radius 2 is 1.59 bits per heavy atom. The van der Waals surface area contributed by atoms with E-state index < -0.39 is 0 Å². The molecular formula is C19H16Cl2O. The van der Waals surface area contributed by atoms with Crippen LogP contribution in [0.4, 0.5) is 0 Å². The molecule has 3 rings (SSSR count). The molecule has 0 radical (unpaired) electrons. The van der Waals surface area contributed by atoms with Crippen LogP contribution in [-0.4, -0.2) is 7.11 Å². The molecule has 0 bridgehead atoms. The highest BCUT2D eigenvalue weighted by molar-refractivity contribution is 6.46. The van der Waals surface area contributed by atoms with E-state index >= 15 is 0 Å². The molecule has 22 heavy (non-hydrogen) atoms. The van der Waals surface area contributed by atoms with E-state index in [1.165, 1.54) is 0 Å². The molecule has 1 aliphatic rings. The lowest BCUT2D eigenvalue weighted by molar-refractivity contribution is 0.415. The highest BCUT2D eigenvalue weighted by Crippen LogP contribution is 2.40. The van der Waals surface area contributed by atoms with Crippen molar-refractivity contribution in [2.45, 2.75) is 12.8 Å². The average molecular weight is 331 g/mol. The molecule has 1 aliphatic carbocycles. The molecule has 0 atom stereocenters. The van der Waals surface area contributed by atoms with Crippen molar-refractivity contribution < 1.29 is 4.74 Å². The van der Waals surface area contributed by atoms with Crippen LogP contribution in [-0.2, 0) is 0 Å². The largest absolute Gasteiger partial charge is 0.497 e. The Morgan fingerprint density at radius 1 is 0.909 bits per heavy atom. The summed E-state index contributed by atoms with van der Waals surface area (Å²) in [4.78, 5) is 0. The predicted molar refractivity (Wildman–Crippen MR) is 94.4 cm³/mol. The standard InChI is InChI=1S/C19H16Cl2O/c1-22-14-11-9-13(10-12-14)15-5-2-3-6-16(15)17-7-4-8-18(20)19(17)21/h2-3,5-6,8-12H,4,7H2,1H3. The van der Waals surface area contributed by atoms with Crippen LogP contribution >= 0.6 is 23.2 Å². The summed E-state index contributed by atoms with van der Waals surface area (Å²) in [7, 11) is 1.67. The first-order valence-electron chi connectivity index (χ1n) is 7.19. The normalized spacial score (nSPS) is 14.8. The molecule has 2 aromatic carbocycles. The molecule has 0 fully saturated rings. The first-order valence-corrected chi connectivity index (χ1v) is 7.95. The second kappa shape index (κ2) is 6.60. The molecular weight excluding hydrogens is 315 g/mol. The molecule has 0 amide bonds. The summed E-state index contributed by atoms with van der Waals surface area (Å²) in [5.74, 6) is 0.849. The molecule has 0 aliphatic heterocycles. The van der Waals surface area contributed by atoms with Crippen molar-refractivity contribution in [2.24, 2.45) is 0 Å². The van der Waals surface area contributed by atoms with Gasteiger partial charge >= 0.3 is 0 Å². The van der Waals surface area contributed by atoms with Gasteiger partial charge in [-0.15, -0.1) is 0 Å². The van der Waals surface area contributed by atoms with Gasteiger partial charge in [0.05, 0.1) is 17.2 Å². The number of allylic oxidation sites excluding steroid dienone is 4. The van der Waals surface area contributed by atoms with Crippen LogP contribution in [0.1, 0.15) is 18.4 Å². The van der Waals surface area contributed by atoms with E-state index in [9.17, 15) is 0 Å². The maximum atomic E-state index is 6.43. The van der Waals surface area contributed by atoms with Crippen molar-refractivity contribution in [2.75, 3.05) is 7.11 Å². The predicted octanol–water partition coefficient (Wildman–Crippen LogP) is 6.23. The fourth-order valence-electron chi connectivity index (χ4n) is 2.71. The van der Waals surface area contributed by atoms with Gasteiger partial charge in [0, 0.05) is 0 Å². The van der Waals surface area contributed by atoms with Gasteiger partial charge in [0.2, 0.25) is 0 Å². The number of benzene rings is 2. The Bertz CT molecular complexity index is 742. The number of ether oxygens (including phenoxy) is 1. The van der Waals surface area contributed by atoms with Gasteiger partial charge < -0.3 is 4.74 Å². The van der Waals surface area contributed by atoms with Crippen LogP contribution in [0, 0.1) is 0 Å². The van der Waals surface area contributed by atoms with Crippen LogP contribution < -0.4 is 4.74 Å². The van der Waals surface area contributed by atoms with Crippen molar-refractivity contribution in [3.05, 3.63) is 70.2 Å². The fraction of sp³-hybridized carbons (Fsp3) is 0.158. The van der Waals surface area contributed by atoms with Crippen LogP contribution in [0.3, 0.4) is 0 Å². The van der Waals surface area contributed by atoms with Crippen LogP contribution in [0.25, 0.3) is 16.7 Å². The second-order valence-electron chi connectivity index (χ2n) is 5.16. The topological polar surface area (TPSA) is 9.23 Å². The molecule has 0 spiro atoms. The molecule has 0 aromatic heterocycles. The summed E-state index contributed by atoms with van der Waals surface area (Å²) in [6, 6.07) is 16.3. The lowest BCUT2D eigenvalue weighted by Gasteiger charge is -2.18. The maximum absolute atomic E-state index is 6.43. The van der Waals surface area contributed by atoms with Crippen molar-refractivity contribution in [3.8, 4) is 16.9 Å². The molecule has 2 aromatic rings. The monoisotopic (exact) mass is 330 g/mol. The van der Waals surface area contributed by atoms with Crippen molar-refractivity contribution in [3.63, 3.8) is 0 Å². The fourth-order valence-corrected chi connectivity index (χ4v) is 3.20. The smallest absolute Gasteiger partial charge is 0.118 e. The Labute approximate surface area is 140 Å². The molecule has 0 saturated carbocycles. The Morgan fingerprint density at radius 3 is 2.27 bits per heavy atom. The summed E-state index contributed by atoms with van der Waals surface area (Å²) < 4.78 is 5.23. The Kier molecular flexibility index (Phi) is 4.56. The number of methoxy groups -OCH3 is 1. The molecule has 0 N–H and O–H groups in total. The highest BCUT2D eigenvalue weighted by atomic mass is 35.5. The molecule has 112 valence electrons. The summed E-state index contributed by atoms with van der Waals surface area (Å²) in [5.41, 5.74) is 4.55. The minimum atomic E-state index is 0.646. The summed E-state index contributed by atoms with van der Waals surface area (Å²) in [6.07, 6.45) is 3.80. The third kappa shape index (κ3) is 2.92. The van der Waals surface area contributed by atoms with Gasteiger partial charge in [-0.3, -0.25) is 0 Å². The Hall–Kier alpha value is -1.70. The average Bonchev–Trinajstić information content (AvgIpc) is 2.57. The van der Waals surface area contributed by atoms with Crippen LogP contribution in [0.5, 0.6) is 5.75 Å². The van der Waals surface area contributed by atoms with Gasteiger partial charge in [0.25, 0.3) is 0 Å². The van der Waals surface area contributed by atoms with Crippen molar-refractivity contribution in [1.29, 1.82) is 0 Å². The number of hydrogen-bond donors (Lipinski definition) is 0. The van der Waals surface area contributed by atoms with E-state index in [1.54, 1.807) is 7.11 Å². The van der Waals surface area contributed by atoms with Gasteiger partial charge in [-0.2, -0.15) is 0 Å². The van der Waals surface area contributed by atoms with E-state index in [1.807, 2.05) is 30.3 Å². The van der Waals surface area contributed by atoms with Gasteiger partial charge in [0.15, 0.2) is 0 Å². The number of rotatable bonds is 3. The van der Waals surface area contributed by atoms with Crippen molar-refractivity contribution >= 4 is 28.8 Å².